The molecule has 0 aliphatic heterocycles. The second kappa shape index (κ2) is 10.7. The topological polar surface area (TPSA) is 71.8 Å². The molecule has 1 fully saturated rings. The minimum absolute atomic E-state index is 0.0559. The van der Waals surface area contributed by atoms with Gasteiger partial charge in [-0.1, -0.05) is 60.8 Å². The van der Waals surface area contributed by atoms with Gasteiger partial charge >= 0.3 is 0 Å². The number of carbonyl (C=O) groups is 1. The Kier molecular flexibility index (Phi) is 7.48. The third-order valence-electron chi connectivity index (χ3n) is 5.31. The van der Waals surface area contributed by atoms with Crippen LogP contribution in [0.2, 0.25) is 5.02 Å². The number of para-hydroxylation sites is 1. The van der Waals surface area contributed by atoms with Crippen LogP contribution in [0.4, 0.5) is 5.69 Å². The predicted molar refractivity (Wildman–Crippen MR) is 126 cm³/mol. The first-order chi connectivity index (χ1) is 15.2. The van der Waals surface area contributed by atoms with E-state index < -0.39 is 0 Å². The third-order valence-corrected chi connectivity index (χ3v) is 6.49. The number of nitrogens with zero attached hydrogens (tertiary/aromatic N) is 3. The highest BCUT2D eigenvalue weighted by Crippen LogP contribution is 2.23. The molecule has 1 saturated carbocycles. The van der Waals surface area contributed by atoms with Crippen molar-refractivity contribution in [2.45, 2.75) is 49.8 Å². The molecule has 162 valence electrons. The molecule has 1 aliphatic rings. The first-order valence-electron chi connectivity index (χ1n) is 10.6. The highest BCUT2D eigenvalue weighted by molar-refractivity contribution is 7.99. The summed E-state index contributed by atoms with van der Waals surface area (Å²) in [6.45, 7) is 0.498. The minimum atomic E-state index is 0.0559. The number of nitrogens with one attached hydrogen (secondary N) is 2. The molecule has 0 atom stereocenters. The van der Waals surface area contributed by atoms with Crippen molar-refractivity contribution in [1.82, 2.24) is 20.1 Å². The molecule has 1 heterocycles. The molecule has 8 heteroatoms. The molecule has 0 unspecified atom stereocenters. The van der Waals surface area contributed by atoms with Crippen LogP contribution in [0.15, 0.2) is 59.8 Å². The fourth-order valence-electron chi connectivity index (χ4n) is 3.74. The van der Waals surface area contributed by atoms with E-state index >= 15 is 0 Å². The average Bonchev–Trinajstić information content (AvgIpc) is 3.21. The van der Waals surface area contributed by atoms with Gasteiger partial charge in [-0.05, 0) is 49.2 Å². The number of carbonyl (C=O) groups excluding carboxylic acids is 1. The van der Waals surface area contributed by atoms with E-state index in [1.807, 2.05) is 59.2 Å². The van der Waals surface area contributed by atoms with Gasteiger partial charge in [-0.3, -0.25) is 9.36 Å². The number of benzene rings is 2. The first-order valence-corrected chi connectivity index (χ1v) is 12.0. The van der Waals surface area contributed by atoms with Crippen molar-refractivity contribution in [2.75, 3.05) is 11.1 Å². The fourth-order valence-corrected chi connectivity index (χ4v) is 4.65. The molecular formula is C23H26ClN5OS. The Balaban J connectivity index is 1.45. The maximum Gasteiger partial charge on any atom is 0.230 e. The number of thioether (sulfide) groups is 1. The largest absolute Gasteiger partial charge is 0.378 e. The Morgan fingerprint density at radius 3 is 2.52 bits per heavy atom. The van der Waals surface area contributed by atoms with Crippen molar-refractivity contribution in [1.29, 1.82) is 0 Å². The molecule has 2 N–H and O–H groups in total. The quantitative estimate of drug-likeness (QED) is 0.464. The van der Waals surface area contributed by atoms with Crippen LogP contribution in [0.3, 0.4) is 0 Å². The molecule has 3 aromatic rings. The lowest BCUT2D eigenvalue weighted by Crippen LogP contribution is -2.37. The van der Waals surface area contributed by atoms with Crippen LogP contribution in [0.5, 0.6) is 0 Å². The number of anilines is 1. The van der Waals surface area contributed by atoms with Crippen LogP contribution in [-0.2, 0) is 11.3 Å². The molecule has 2 aromatic carbocycles. The average molecular weight is 456 g/mol. The second-order valence-electron chi connectivity index (χ2n) is 7.62. The summed E-state index contributed by atoms with van der Waals surface area (Å²) in [6, 6.07) is 17.8. The van der Waals surface area contributed by atoms with Crippen molar-refractivity contribution >= 4 is 35.0 Å². The van der Waals surface area contributed by atoms with Crippen molar-refractivity contribution in [3.63, 3.8) is 0 Å². The monoisotopic (exact) mass is 455 g/mol. The second-order valence-corrected chi connectivity index (χ2v) is 9.00. The van der Waals surface area contributed by atoms with Gasteiger partial charge in [-0.2, -0.15) is 0 Å². The SMILES string of the molecule is O=C(CSc1nnc(CNc2ccc(Cl)cc2)n1-c1ccccc1)NC1CCCCC1. The van der Waals surface area contributed by atoms with E-state index in [1.165, 1.54) is 31.0 Å². The van der Waals surface area contributed by atoms with Crippen LogP contribution in [0.25, 0.3) is 5.69 Å². The Morgan fingerprint density at radius 1 is 1.03 bits per heavy atom. The summed E-state index contributed by atoms with van der Waals surface area (Å²) in [5.74, 6) is 1.16. The summed E-state index contributed by atoms with van der Waals surface area (Å²) in [6.07, 6.45) is 5.83. The van der Waals surface area contributed by atoms with Crippen LogP contribution < -0.4 is 10.6 Å². The maximum absolute atomic E-state index is 12.5. The standard InChI is InChI=1S/C23H26ClN5OS/c24-17-11-13-18(14-12-17)25-15-21-27-28-23(29(21)20-9-5-2-6-10-20)31-16-22(30)26-19-7-3-1-4-8-19/h2,5-6,9-14,19,25H,1,3-4,7-8,15-16H2,(H,26,30). The molecule has 6 nitrogen and oxygen atoms in total. The zero-order chi connectivity index (χ0) is 21.5. The number of hydrogen-bond donors (Lipinski definition) is 2. The van der Waals surface area contributed by atoms with E-state index in [-0.39, 0.29) is 5.91 Å². The lowest BCUT2D eigenvalue weighted by molar-refractivity contribution is -0.119. The van der Waals surface area contributed by atoms with Crippen molar-refractivity contribution in [2.24, 2.45) is 0 Å². The van der Waals surface area contributed by atoms with Crippen LogP contribution in [0, 0.1) is 0 Å². The maximum atomic E-state index is 12.5. The molecule has 1 aromatic heterocycles. The van der Waals surface area contributed by atoms with Gasteiger partial charge in [0.15, 0.2) is 11.0 Å². The summed E-state index contributed by atoms with van der Waals surface area (Å²) in [4.78, 5) is 12.5. The molecule has 0 bridgehead atoms. The molecule has 1 aliphatic carbocycles. The highest BCUT2D eigenvalue weighted by Gasteiger charge is 2.18. The van der Waals surface area contributed by atoms with E-state index in [1.54, 1.807) is 0 Å². The molecular weight excluding hydrogens is 430 g/mol. The van der Waals surface area contributed by atoms with Crippen molar-refractivity contribution < 1.29 is 4.79 Å². The zero-order valence-electron chi connectivity index (χ0n) is 17.3. The van der Waals surface area contributed by atoms with E-state index in [4.69, 9.17) is 11.6 Å². The number of rotatable bonds is 8. The Morgan fingerprint density at radius 2 is 1.77 bits per heavy atom. The van der Waals surface area contributed by atoms with Gasteiger partial charge in [0, 0.05) is 22.4 Å². The van der Waals surface area contributed by atoms with Gasteiger partial charge in [0.05, 0.1) is 12.3 Å². The van der Waals surface area contributed by atoms with Gasteiger partial charge < -0.3 is 10.6 Å². The van der Waals surface area contributed by atoms with Gasteiger partial charge in [0.25, 0.3) is 0 Å². The van der Waals surface area contributed by atoms with Crippen LogP contribution in [-0.4, -0.2) is 32.5 Å². The van der Waals surface area contributed by atoms with Gasteiger partial charge in [-0.25, -0.2) is 0 Å². The third kappa shape index (κ3) is 6.02. The summed E-state index contributed by atoms with van der Waals surface area (Å²) < 4.78 is 2.00. The van der Waals surface area contributed by atoms with E-state index in [0.29, 0.717) is 28.5 Å². The fraction of sp³-hybridized carbons (Fsp3) is 0.348. The summed E-state index contributed by atoms with van der Waals surface area (Å²) in [5.41, 5.74) is 1.92. The molecule has 1 amide bonds. The van der Waals surface area contributed by atoms with Crippen molar-refractivity contribution in [3.05, 3.63) is 65.4 Å². The first kappa shape index (κ1) is 21.7. The van der Waals surface area contributed by atoms with Gasteiger partial charge in [-0.15, -0.1) is 10.2 Å². The Bertz CT molecular complexity index is 987. The zero-order valence-corrected chi connectivity index (χ0v) is 18.8. The Hall–Kier alpha value is -2.51. The number of amides is 1. The molecule has 0 saturated heterocycles. The molecule has 31 heavy (non-hydrogen) atoms. The predicted octanol–water partition coefficient (Wildman–Crippen LogP) is 5.07. The molecule has 4 rings (SSSR count). The summed E-state index contributed by atoms with van der Waals surface area (Å²) >= 11 is 7.38. The number of aromatic nitrogens is 3. The normalized spacial score (nSPS) is 14.4. The lowest BCUT2D eigenvalue weighted by Gasteiger charge is -2.22. The van der Waals surface area contributed by atoms with Crippen LogP contribution in [0.1, 0.15) is 37.9 Å². The van der Waals surface area contributed by atoms with E-state index in [2.05, 4.69) is 20.8 Å². The van der Waals surface area contributed by atoms with Crippen molar-refractivity contribution in [3.8, 4) is 5.69 Å². The smallest absolute Gasteiger partial charge is 0.230 e. The Labute approximate surface area is 191 Å². The molecule has 0 radical (unpaired) electrons. The summed E-state index contributed by atoms with van der Waals surface area (Å²) in [5, 5.41) is 16.7. The summed E-state index contributed by atoms with van der Waals surface area (Å²) in [7, 11) is 0. The molecule has 0 spiro atoms. The number of halogens is 1. The van der Waals surface area contributed by atoms with E-state index in [9.17, 15) is 4.79 Å². The van der Waals surface area contributed by atoms with Crippen LogP contribution >= 0.6 is 23.4 Å². The van der Waals surface area contributed by atoms with Gasteiger partial charge in [0.2, 0.25) is 5.91 Å². The number of hydrogen-bond acceptors (Lipinski definition) is 5. The van der Waals surface area contributed by atoms with Gasteiger partial charge in [0.1, 0.15) is 0 Å². The lowest BCUT2D eigenvalue weighted by atomic mass is 9.95. The minimum Gasteiger partial charge on any atom is -0.378 e. The highest BCUT2D eigenvalue weighted by atomic mass is 35.5. The van der Waals surface area contributed by atoms with E-state index in [0.717, 1.165) is 30.0 Å².